The van der Waals surface area contributed by atoms with Gasteiger partial charge in [-0.15, -0.1) is 28.2 Å². The minimum absolute atomic E-state index is 0.0513. The molecule has 0 spiro atoms. The van der Waals surface area contributed by atoms with Gasteiger partial charge in [0, 0.05) is 118 Å². The van der Waals surface area contributed by atoms with Crippen LogP contribution in [-0.4, -0.2) is 220 Å². The van der Waals surface area contributed by atoms with Crippen molar-refractivity contribution in [2.45, 2.75) is 150 Å². The van der Waals surface area contributed by atoms with Crippen molar-refractivity contribution < 1.29 is 73.3 Å². The number of sulfone groups is 1. The number of sulfonamides is 1. The second-order valence-corrected chi connectivity index (χ2v) is 37.0. The number of anilines is 2. The lowest BCUT2D eigenvalue weighted by molar-refractivity contribution is -0.144. The van der Waals surface area contributed by atoms with Gasteiger partial charge in [0.05, 0.1) is 78.0 Å². The van der Waals surface area contributed by atoms with Crippen molar-refractivity contribution in [2.75, 3.05) is 114 Å². The second kappa shape index (κ2) is 39.3. The number of likely N-dealkylation sites (tertiary alicyclic amines) is 1. The van der Waals surface area contributed by atoms with Crippen LogP contribution in [0.15, 0.2) is 153 Å². The summed E-state index contributed by atoms with van der Waals surface area (Å²) in [5.41, 5.74) is 2.27. The van der Waals surface area contributed by atoms with Crippen LogP contribution in [0.25, 0.3) is 16.0 Å². The Morgan fingerprint density at radius 3 is 2.23 bits per heavy atom. The number of allylic oxidation sites excluding steroid dienone is 1. The van der Waals surface area contributed by atoms with E-state index >= 15 is 0 Å². The van der Waals surface area contributed by atoms with Gasteiger partial charge in [0.2, 0.25) is 23.6 Å². The Labute approximate surface area is 683 Å². The van der Waals surface area contributed by atoms with Crippen molar-refractivity contribution in [3.05, 3.63) is 172 Å². The highest BCUT2D eigenvalue weighted by atomic mass is 35.5. The van der Waals surface area contributed by atoms with Crippen molar-refractivity contribution in [3.8, 4) is 10.4 Å². The van der Waals surface area contributed by atoms with Crippen molar-refractivity contribution in [2.24, 2.45) is 10.8 Å². The van der Waals surface area contributed by atoms with Crippen LogP contribution in [0.4, 0.5) is 24.5 Å². The van der Waals surface area contributed by atoms with E-state index in [1.807, 2.05) is 118 Å². The van der Waals surface area contributed by atoms with E-state index in [-0.39, 0.29) is 68.7 Å². The number of β-amino-alcohol motifs (C(OH)–C–C–N with tert-alkyl or cyclic N) is 1. The van der Waals surface area contributed by atoms with Crippen LogP contribution in [0.3, 0.4) is 0 Å². The summed E-state index contributed by atoms with van der Waals surface area (Å²) in [4.78, 5) is 80.5. The number of aliphatic hydroxyl groups is 1. The highest BCUT2D eigenvalue weighted by Gasteiger charge is 2.49. The number of carbonyl (C=O) groups excluding carboxylic acids is 5. The Balaban J connectivity index is 0.603. The number of hydrogen-bond donors (Lipinski definition) is 6. The molecule has 3 saturated heterocycles. The number of nitrogens with one attached hydrogen (secondary N) is 5. The molecule has 6 atom stereocenters. The van der Waals surface area contributed by atoms with E-state index in [2.05, 4.69) is 58.2 Å². The Kier molecular flexibility index (Phi) is 29.9. The van der Waals surface area contributed by atoms with Crippen LogP contribution in [-0.2, 0) is 66.4 Å². The highest BCUT2D eigenvalue weighted by molar-refractivity contribution is 7.99. The number of alkyl halides is 3. The van der Waals surface area contributed by atoms with E-state index in [9.17, 15) is 59.1 Å². The maximum Gasteiger partial charge on any atom is 0.501 e. The number of morpholine rings is 1. The third kappa shape index (κ3) is 24.0. The number of piperazine rings is 1. The number of ether oxygens (including phenoxy) is 3. The second-order valence-electron chi connectivity index (χ2n) is 31.0. The fraction of sp³-hybridized carbons (Fsp3) is 0.481. The Morgan fingerprint density at radius 1 is 0.835 bits per heavy atom. The van der Waals surface area contributed by atoms with Crippen molar-refractivity contribution in [1.82, 2.24) is 55.4 Å². The molecule has 1 unspecified atom stereocenters. The number of thioether (sulfide) groups is 1. The van der Waals surface area contributed by atoms with E-state index in [0.717, 1.165) is 69.2 Å². The molecule has 5 heterocycles. The number of benzene rings is 5. The molecule has 115 heavy (non-hydrogen) atoms. The quantitative estimate of drug-likeness (QED) is 0.0159. The van der Waals surface area contributed by atoms with Gasteiger partial charge in [0.25, 0.3) is 25.8 Å². The summed E-state index contributed by atoms with van der Waals surface area (Å²) < 4.78 is 118. The third-order valence-electron chi connectivity index (χ3n) is 21.1. The third-order valence-corrected chi connectivity index (χ3v) is 26.3. The smallest absolute Gasteiger partial charge is 0.391 e. The number of aromatic nitrogens is 4. The highest BCUT2D eigenvalue weighted by Crippen LogP contribution is 2.44. The van der Waals surface area contributed by atoms with Crippen LogP contribution in [0.5, 0.6) is 0 Å². The maximum atomic E-state index is 14.4. The van der Waals surface area contributed by atoms with Crippen LogP contribution in [0.2, 0.25) is 5.02 Å². The summed E-state index contributed by atoms with van der Waals surface area (Å²) in [6.07, 6.45) is 4.41. The maximum absolute atomic E-state index is 14.4. The average Bonchev–Trinajstić information content (AvgIpc) is 1.78. The molecular weight excluding hydrogens is 1580 g/mol. The summed E-state index contributed by atoms with van der Waals surface area (Å²) in [7, 11) is -11.0. The zero-order chi connectivity index (χ0) is 82.2. The average molecular weight is 1690 g/mol. The number of hydrogen-bond acceptors (Lipinski definition) is 22. The SMILES string of the molecule is Cc1ncsc1-c1ccc([C@H](C)NC(=O)[C@@H]2C[C@@H](O)CN2C(=O)[C@@H](NC(=O)COCCOCc2cn(CCCC(=O)NCC3(C)CCC(c4ccc(Cl)cc4)=C(CN4CCN(c5ccc(C(=O)NS(=O)(=O)c6ccc(N[C@H](CCN7CCOCC7)CSc7ccccc7)c(S(=O)(=O)C(F)(F)F)c6)cc5)CC4)C3)nn2)C(C)(C)C)cc1. The largest absolute Gasteiger partial charge is 0.501 e. The molecule has 1 aliphatic carbocycles. The molecule has 0 bridgehead atoms. The standard InChI is InChI=1S/C81H101ClF3N13O13S4/c1-54(56-14-16-58(17-15-56)74-55(2)87-53-113-74)88-77(103)70-43-65(99)48-98(70)78(104)75(79(3,4)5)90-73(101)50-111-42-41-110-49-63-47-97(93-91-63)31-10-13-72(100)86-52-80(6)30-28-68(57-18-22-61(82)23-19-57)60(45-80)46-95-33-35-96(36-34-95)64-24-20-59(21-25-64)76(102)92-115(107,108)67-26-27-69(71(44-67)114(105,106)81(83,84)85)89-62(29-32-94-37-39-109-40-38-94)51-112-66-11-8-7-9-12-66/h7-9,11-12,14-27,44,47,53-54,62,65,70,75,89,99H,10,13,28-43,45-46,48-52H2,1-6H3,(H,86,100)(H,88,103)(H,90,101)(H,92,102)/t54-,62+,65+,70-,75+,80?/m0/s1. The van der Waals surface area contributed by atoms with E-state index in [1.165, 1.54) is 39.9 Å². The molecule has 2 aromatic heterocycles. The molecule has 5 aromatic carbocycles. The van der Waals surface area contributed by atoms with Gasteiger partial charge in [-0.1, -0.05) is 105 Å². The van der Waals surface area contributed by atoms with Crippen molar-refractivity contribution >= 4 is 101 Å². The number of thiazole rings is 1. The van der Waals surface area contributed by atoms with Crippen LogP contribution >= 0.6 is 34.7 Å². The normalized spacial score (nSPS) is 18.9. The molecule has 0 radical (unpaired) electrons. The molecule has 5 amide bonds. The van der Waals surface area contributed by atoms with E-state index in [4.69, 9.17) is 25.8 Å². The van der Waals surface area contributed by atoms with Gasteiger partial charge in [-0.3, -0.25) is 38.5 Å². The minimum Gasteiger partial charge on any atom is -0.391 e. The van der Waals surface area contributed by atoms with Gasteiger partial charge >= 0.3 is 5.51 Å². The first kappa shape index (κ1) is 87.5. The molecule has 6 N–H and O–H groups in total. The van der Waals surface area contributed by atoms with Gasteiger partial charge in [-0.2, -0.15) is 13.2 Å². The first-order valence-corrected chi connectivity index (χ1v) is 43.7. The fourth-order valence-electron chi connectivity index (χ4n) is 14.5. The van der Waals surface area contributed by atoms with E-state index in [1.54, 1.807) is 39.9 Å². The van der Waals surface area contributed by atoms with Crippen LogP contribution < -0.4 is 30.9 Å². The molecule has 3 fully saturated rings. The number of aliphatic hydroxyl groups excluding tert-OH is 1. The topological polar surface area (TPSA) is 318 Å². The number of nitrogens with zero attached hydrogens (tertiary/aromatic N) is 8. The van der Waals surface area contributed by atoms with E-state index < -0.39 is 94.1 Å². The zero-order valence-electron chi connectivity index (χ0n) is 65.3. The van der Waals surface area contributed by atoms with Crippen LogP contribution in [0.1, 0.15) is 118 Å². The summed E-state index contributed by atoms with van der Waals surface area (Å²) in [6, 6.07) is 30.7. The number of aryl methyl sites for hydroxylation is 2. The van der Waals surface area contributed by atoms with Gasteiger partial charge in [-0.25, -0.2) is 26.5 Å². The first-order chi connectivity index (χ1) is 54.8. The monoisotopic (exact) mass is 1680 g/mol. The molecule has 0 saturated carbocycles. The summed E-state index contributed by atoms with van der Waals surface area (Å²) >= 11 is 9.34. The predicted octanol–water partition coefficient (Wildman–Crippen LogP) is 10.3. The molecule has 11 rings (SSSR count). The Hall–Kier alpha value is -8.35. The molecular formula is C81H101ClF3N13O13S4. The molecule has 3 aliphatic heterocycles. The lowest BCUT2D eigenvalue weighted by Crippen LogP contribution is -2.58. The van der Waals surface area contributed by atoms with Gasteiger partial charge in [-0.05, 0) is 146 Å². The molecule has 7 aromatic rings. The van der Waals surface area contributed by atoms with Crippen molar-refractivity contribution in [3.63, 3.8) is 0 Å². The Bertz CT molecular complexity index is 4760. The van der Waals surface area contributed by atoms with Gasteiger partial charge in [0.1, 0.15) is 29.3 Å². The molecule has 620 valence electrons. The fourth-order valence-corrected chi connectivity index (χ4v) is 18.5. The van der Waals surface area contributed by atoms with Crippen molar-refractivity contribution in [1.29, 1.82) is 0 Å². The van der Waals surface area contributed by atoms with Gasteiger partial charge < -0.3 is 50.4 Å². The molecule has 34 heteroatoms. The lowest BCUT2D eigenvalue weighted by Gasteiger charge is -2.41. The van der Waals surface area contributed by atoms with Gasteiger partial charge in [0.15, 0.2) is 0 Å². The summed E-state index contributed by atoms with van der Waals surface area (Å²) in [5, 5.41) is 31.8. The summed E-state index contributed by atoms with van der Waals surface area (Å²) in [6.45, 7) is 18.4. The number of amides is 5. The number of carbonyl (C=O) groups is 5. The number of halogens is 4. The minimum atomic E-state index is -6.12. The van der Waals surface area contributed by atoms with Crippen LogP contribution in [0, 0.1) is 17.8 Å². The molecule has 4 aliphatic rings. The predicted molar refractivity (Wildman–Crippen MR) is 435 cm³/mol. The number of rotatable bonds is 35. The first-order valence-electron chi connectivity index (χ1n) is 38.5. The Morgan fingerprint density at radius 2 is 1.54 bits per heavy atom. The van der Waals surface area contributed by atoms with E-state index in [0.29, 0.717) is 114 Å². The summed E-state index contributed by atoms with van der Waals surface area (Å²) in [5.74, 6) is -2.25. The molecule has 26 nitrogen and oxygen atoms in total. The zero-order valence-corrected chi connectivity index (χ0v) is 69.4. The lowest BCUT2D eigenvalue weighted by atomic mass is 9.71.